The smallest absolute Gasteiger partial charge is 0.534 e. The first-order valence-electron chi connectivity index (χ1n) is 6.96. The second-order valence-corrected chi connectivity index (χ2v) is 6.73. The number of nitrogens with zero attached hydrogens (tertiary/aromatic N) is 1. The molecular weight excluding hydrogens is 273 g/mol. The summed E-state index contributed by atoms with van der Waals surface area (Å²) in [6, 6.07) is 2.18. The molecule has 0 atom stereocenters. The molecule has 2 saturated heterocycles. The van der Waals surface area contributed by atoms with Gasteiger partial charge in [-0.15, -0.1) is 11.3 Å². The Bertz CT molecular complexity index is 496. The van der Waals surface area contributed by atoms with Gasteiger partial charge in [-0.2, -0.15) is 0 Å². The zero-order valence-corrected chi connectivity index (χ0v) is 12.9. The van der Waals surface area contributed by atoms with Crippen molar-refractivity contribution in [1.82, 2.24) is 4.90 Å². The van der Waals surface area contributed by atoms with Crippen LogP contribution in [0.4, 0.5) is 0 Å². The maximum Gasteiger partial charge on any atom is 0.564 e. The van der Waals surface area contributed by atoms with Crippen molar-refractivity contribution in [2.45, 2.75) is 26.0 Å². The molecule has 0 amide bonds. The molecule has 0 radical (unpaired) electrons. The largest absolute Gasteiger partial charge is 0.564 e. The SMILES string of the molecule is C=C1OB(c2csc(CN3CCOCC3)c2)OC1(C)C. The van der Waals surface area contributed by atoms with Gasteiger partial charge in [0.2, 0.25) is 0 Å². The average molecular weight is 293 g/mol. The van der Waals surface area contributed by atoms with E-state index in [9.17, 15) is 0 Å². The van der Waals surface area contributed by atoms with Crippen LogP contribution in [0.1, 0.15) is 18.7 Å². The number of hydrogen-bond acceptors (Lipinski definition) is 5. The first-order chi connectivity index (χ1) is 9.54. The van der Waals surface area contributed by atoms with Crippen LogP contribution in [-0.4, -0.2) is 43.9 Å². The summed E-state index contributed by atoms with van der Waals surface area (Å²) in [4.78, 5) is 3.75. The van der Waals surface area contributed by atoms with Crippen LogP contribution in [0.3, 0.4) is 0 Å². The van der Waals surface area contributed by atoms with E-state index in [1.54, 1.807) is 11.3 Å². The fourth-order valence-electron chi connectivity index (χ4n) is 2.35. The topological polar surface area (TPSA) is 30.9 Å². The average Bonchev–Trinajstić information content (AvgIpc) is 2.97. The number of thiophene rings is 1. The molecule has 2 fully saturated rings. The highest BCUT2D eigenvalue weighted by atomic mass is 32.1. The molecule has 4 nitrogen and oxygen atoms in total. The van der Waals surface area contributed by atoms with Crippen molar-refractivity contribution in [3.63, 3.8) is 0 Å². The second-order valence-electron chi connectivity index (χ2n) is 5.74. The van der Waals surface area contributed by atoms with Gasteiger partial charge in [0.05, 0.1) is 19.0 Å². The fraction of sp³-hybridized carbons (Fsp3) is 0.571. The van der Waals surface area contributed by atoms with E-state index in [0.29, 0.717) is 5.76 Å². The predicted octanol–water partition coefficient (Wildman–Crippen LogP) is 1.61. The molecule has 6 heteroatoms. The molecule has 0 aromatic carbocycles. The van der Waals surface area contributed by atoms with E-state index in [0.717, 1.165) is 38.3 Å². The highest BCUT2D eigenvalue weighted by Gasteiger charge is 2.43. The van der Waals surface area contributed by atoms with Crippen molar-refractivity contribution in [3.8, 4) is 0 Å². The fourth-order valence-corrected chi connectivity index (χ4v) is 3.28. The molecule has 2 aliphatic heterocycles. The van der Waals surface area contributed by atoms with Crippen LogP contribution in [-0.2, 0) is 20.6 Å². The summed E-state index contributed by atoms with van der Waals surface area (Å²) in [5.74, 6) is 0.698. The summed E-state index contributed by atoms with van der Waals surface area (Å²) in [5.41, 5.74) is 0.682. The van der Waals surface area contributed by atoms with Crippen molar-refractivity contribution < 1.29 is 14.0 Å². The van der Waals surface area contributed by atoms with Gasteiger partial charge in [-0.1, -0.05) is 6.58 Å². The molecule has 0 spiro atoms. The highest BCUT2D eigenvalue weighted by molar-refractivity contribution is 7.11. The summed E-state index contributed by atoms with van der Waals surface area (Å²) >= 11 is 1.76. The van der Waals surface area contributed by atoms with E-state index in [1.807, 2.05) is 13.8 Å². The number of morpholine rings is 1. The Labute approximate surface area is 124 Å². The van der Waals surface area contributed by atoms with Crippen molar-refractivity contribution in [1.29, 1.82) is 0 Å². The minimum Gasteiger partial charge on any atom is -0.534 e. The monoisotopic (exact) mass is 293 g/mol. The standard InChI is InChI=1S/C14H20BNO3S/c1-11-14(2,3)19-15(18-11)12-8-13(20-10-12)9-16-4-6-17-7-5-16/h8,10H,1,4-7,9H2,2-3H3. The number of ether oxygens (including phenoxy) is 1. The first-order valence-corrected chi connectivity index (χ1v) is 7.84. The van der Waals surface area contributed by atoms with Crippen molar-refractivity contribution in [2.24, 2.45) is 0 Å². The summed E-state index contributed by atoms with van der Waals surface area (Å²) in [5, 5.41) is 2.12. The van der Waals surface area contributed by atoms with Crippen LogP contribution >= 0.6 is 11.3 Å². The summed E-state index contributed by atoms with van der Waals surface area (Å²) in [6.07, 6.45) is 0. The predicted molar refractivity (Wildman–Crippen MR) is 81.2 cm³/mol. The zero-order valence-electron chi connectivity index (χ0n) is 12.1. The highest BCUT2D eigenvalue weighted by Crippen LogP contribution is 2.29. The van der Waals surface area contributed by atoms with E-state index in [2.05, 4.69) is 22.9 Å². The van der Waals surface area contributed by atoms with Gasteiger partial charge < -0.3 is 14.0 Å². The van der Waals surface area contributed by atoms with Crippen LogP contribution in [0.5, 0.6) is 0 Å². The molecule has 3 heterocycles. The van der Waals surface area contributed by atoms with Crippen LogP contribution < -0.4 is 5.46 Å². The molecule has 108 valence electrons. The first kappa shape index (κ1) is 14.1. The van der Waals surface area contributed by atoms with Gasteiger partial charge in [-0.05, 0) is 25.3 Å². The third-order valence-corrected chi connectivity index (χ3v) is 4.69. The van der Waals surface area contributed by atoms with Gasteiger partial charge in [0.1, 0.15) is 5.60 Å². The van der Waals surface area contributed by atoms with Crippen LogP contribution in [0, 0.1) is 0 Å². The third-order valence-electron chi connectivity index (χ3n) is 3.75. The lowest BCUT2D eigenvalue weighted by Gasteiger charge is -2.25. The molecule has 0 unspecified atom stereocenters. The van der Waals surface area contributed by atoms with Gasteiger partial charge in [-0.3, -0.25) is 4.90 Å². The normalized spacial score (nSPS) is 23.1. The maximum absolute atomic E-state index is 5.90. The Morgan fingerprint density at radius 2 is 2.15 bits per heavy atom. The van der Waals surface area contributed by atoms with E-state index in [-0.39, 0.29) is 7.12 Å². The van der Waals surface area contributed by atoms with Crippen LogP contribution in [0.2, 0.25) is 0 Å². The van der Waals surface area contributed by atoms with Gasteiger partial charge in [0.25, 0.3) is 0 Å². The van der Waals surface area contributed by atoms with Crippen LogP contribution in [0.25, 0.3) is 0 Å². The van der Waals surface area contributed by atoms with Gasteiger partial charge in [0.15, 0.2) is 0 Å². The molecular formula is C14H20BNO3S. The second kappa shape index (κ2) is 5.52. The minimum absolute atomic E-state index is 0.313. The van der Waals surface area contributed by atoms with Gasteiger partial charge >= 0.3 is 7.12 Å². The summed E-state index contributed by atoms with van der Waals surface area (Å²) < 4.78 is 17.0. The molecule has 0 bridgehead atoms. The Kier molecular flexibility index (Phi) is 3.90. The molecule has 0 saturated carbocycles. The number of rotatable bonds is 3. The van der Waals surface area contributed by atoms with Crippen LogP contribution in [0.15, 0.2) is 23.8 Å². The summed E-state index contributed by atoms with van der Waals surface area (Å²) in [6.45, 7) is 12.5. The van der Waals surface area contributed by atoms with E-state index >= 15 is 0 Å². The van der Waals surface area contributed by atoms with E-state index in [4.69, 9.17) is 14.0 Å². The lowest BCUT2D eigenvalue weighted by molar-refractivity contribution is 0.0346. The van der Waals surface area contributed by atoms with Crippen molar-refractivity contribution in [2.75, 3.05) is 26.3 Å². The molecule has 3 rings (SSSR count). The van der Waals surface area contributed by atoms with E-state index < -0.39 is 5.60 Å². The molecule has 1 aromatic rings. The quantitative estimate of drug-likeness (QED) is 0.792. The molecule has 20 heavy (non-hydrogen) atoms. The molecule has 0 aliphatic carbocycles. The Morgan fingerprint density at radius 3 is 2.80 bits per heavy atom. The lowest BCUT2D eigenvalue weighted by atomic mass is 9.81. The molecule has 0 N–H and O–H groups in total. The number of hydrogen-bond donors (Lipinski definition) is 0. The van der Waals surface area contributed by atoms with Gasteiger partial charge in [-0.25, -0.2) is 0 Å². The molecule has 1 aromatic heterocycles. The Balaban J connectivity index is 1.63. The van der Waals surface area contributed by atoms with E-state index in [1.165, 1.54) is 4.88 Å². The minimum atomic E-state index is -0.406. The summed E-state index contributed by atoms with van der Waals surface area (Å²) in [7, 11) is -0.313. The zero-order chi connectivity index (χ0) is 14.2. The van der Waals surface area contributed by atoms with Gasteiger partial charge in [0, 0.05) is 30.0 Å². The lowest BCUT2D eigenvalue weighted by Crippen LogP contribution is -2.36. The Hall–Kier alpha value is -0.815. The third kappa shape index (κ3) is 2.93. The van der Waals surface area contributed by atoms with Crippen molar-refractivity contribution >= 4 is 23.9 Å². The molecule has 2 aliphatic rings. The maximum atomic E-state index is 5.90. The van der Waals surface area contributed by atoms with Crippen molar-refractivity contribution in [3.05, 3.63) is 28.7 Å². The Morgan fingerprint density at radius 1 is 1.40 bits per heavy atom.